The number of halogens is 3. The summed E-state index contributed by atoms with van der Waals surface area (Å²) in [5.41, 5.74) is 2.18. The zero-order valence-electron chi connectivity index (χ0n) is 24.2. The number of sulfone groups is 1. The summed E-state index contributed by atoms with van der Waals surface area (Å²) in [6, 6.07) is 4.03. The van der Waals surface area contributed by atoms with Crippen molar-refractivity contribution in [2.75, 3.05) is 24.6 Å². The number of aliphatic carboxylic acids is 2. The Labute approximate surface area is 259 Å². The van der Waals surface area contributed by atoms with Crippen LogP contribution in [0.15, 0.2) is 28.9 Å². The highest BCUT2D eigenvalue weighted by atomic mass is 32.2. The Hall–Kier alpha value is -4.20. The molecule has 3 aromatic heterocycles. The molecule has 46 heavy (non-hydrogen) atoms. The fraction of sp³-hybridized carbons (Fsp3) is 0.481. The number of aromatic nitrogens is 4. The van der Waals surface area contributed by atoms with Gasteiger partial charge in [0.1, 0.15) is 23.8 Å². The third-order valence-electron chi connectivity index (χ3n) is 7.33. The molecule has 1 fully saturated rings. The van der Waals surface area contributed by atoms with Crippen LogP contribution in [0.5, 0.6) is 5.88 Å². The number of aliphatic hydroxyl groups excluding tert-OH is 2. The number of carbonyl (C=O) groups is 2. The summed E-state index contributed by atoms with van der Waals surface area (Å²) >= 11 is 0. The molecule has 3 unspecified atom stereocenters. The molecule has 19 heteroatoms. The van der Waals surface area contributed by atoms with Crippen LogP contribution in [-0.4, -0.2) is 103 Å². The van der Waals surface area contributed by atoms with Gasteiger partial charge in [-0.05, 0) is 43.4 Å². The van der Waals surface area contributed by atoms with Gasteiger partial charge in [-0.1, -0.05) is 5.16 Å². The molecule has 0 radical (unpaired) electrons. The summed E-state index contributed by atoms with van der Waals surface area (Å²) < 4.78 is 73.0. The highest BCUT2D eigenvalue weighted by Crippen LogP contribution is 2.31. The van der Waals surface area contributed by atoms with Crippen LogP contribution in [0, 0.1) is 12.8 Å². The van der Waals surface area contributed by atoms with E-state index in [0.29, 0.717) is 41.4 Å². The number of fused-ring (bicyclic) bond motifs is 1. The number of rotatable bonds is 9. The van der Waals surface area contributed by atoms with Gasteiger partial charge in [0.15, 0.2) is 22.0 Å². The number of hydrogen-bond acceptors (Lipinski definition) is 13. The molecule has 5 heterocycles. The van der Waals surface area contributed by atoms with Crippen LogP contribution in [-0.2, 0) is 45.2 Å². The summed E-state index contributed by atoms with van der Waals surface area (Å²) in [7, 11) is -2.90. The van der Waals surface area contributed by atoms with E-state index in [2.05, 4.69) is 25.2 Å². The molecule has 0 aromatic carbocycles. The first kappa shape index (κ1) is 34.7. The largest absolute Gasteiger partial charge is 0.479 e. The Balaban J connectivity index is 0.000000416. The van der Waals surface area contributed by atoms with Gasteiger partial charge in [0.2, 0.25) is 5.88 Å². The number of alkyl halides is 3. The second-order valence-electron chi connectivity index (χ2n) is 10.8. The first-order valence-corrected chi connectivity index (χ1v) is 15.6. The molecule has 5 rings (SSSR count). The predicted octanol–water partition coefficient (Wildman–Crippen LogP) is 1.10. The van der Waals surface area contributed by atoms with Crippen LogP contribution >= 0.6 is 0 Å². The van der Waals surface area contributed by atoms with Crippen molar-refractivity contribution in [3.63, 3.8) is 0 Å². The van der Waals surface area contributed by atoms with Crippen molar-refractivity contribution in [1.29, 1.82) is 0 Å². The minimum Gasteiger partial charge on any atom is -0.479 e. The van der Waals surface area contributed by atoms with E-state index in [4.69, 9.17) is 29.7 Å². The number of aliphatic hydroxyl groups is 2. The van der Waals surface area contributed by atoms with Gasteiger partial charge in [0.05, 0.1) is 22.8 Å². The topological polar surface area (TPSA) is 226 Å². The zero-order chi connectivity index (χ0) is 33.8. The molecule has 3 aromatic rings. The fourth-order valence-electron chi connectivity index (χ4n) is 4.87. The normalized spacial score (nSPS) is 19.0. The van der Waals surface area contributed by atoms with Crippen LogP contribution in [0.1, 0.15) is 34.7 Å². The van der Waals surface area contributed by atoms with Gasteiger partial charge in [0, 0.05) is 37.5 Å². The van der Waals surface area contributed by atoms with Crippen molar-refractivity contribution in [2.24, 2.45) is 5.92 Å². The third-order valence-corrected chi connectivity index (χ3v) is 9.17. The van der Waals surface area contributed by atoms with Crippen molar-refractivity contribution in [1.82, 2.24) is 25.2 Å². The van der Waals surface area contributed by atoms with Crippen LogP contribution in [0.3, 0.4) is 0 Å². The molecule has 15 nitrogen and oxygen atoms in total. The standard InChI is InChI=1S/C23H24F3N5O4S.C4H6O6/c1-14-18(22(30-35-14)17-2-3-20(27-9-17)23(24,25)26)12-34-21-8-16-4-6-31(11-19(16)28-29-21)10-15-5-7-36(32,33)13-15;5-1(3(7)8)2(6)4(9)10/h2-3,8-9,15H,4-7,10-13H2,1H3;1-2,5-6H,(H,7,8)(H,9,10). The number of hydrogen-bond donors (Lipinski definition) is 4. The molecule has 2 aliphatic heterocycles. The van der Waals surface area contributed by atoms with Gasteiger partial charge in [-0.3, -0.25) is 9.88 Å². The van der Waals surface area contributed by atoms with E-state index in [-0.39, 0.29) is 24.0 Å². The van der Waals surface area contributed by atoms with Crippen LogP contribution < -0.4 is 4.74 Å². The van der Waals surface area contributed by atoms with Gasteiger partial charge < -0.3 is 29.7 Å². The van der Waals surface area contributed by atoms with Crippen molar-refractivity contribution in [2.45, 2.75) is 51.3 Å². The Morgan fingerprint density at radius 1 is 1.15 bits per heavy atom. The van der Waals surface area contributed by atoms with Gasteiger partial charge in [-0.15, -0.1) is 5.10 Å². The zero-order valence-corrected chi connectivity index (χ0v) is 25.0. The molecule has 3 atom stereocenters. The lowest BCUT2D eigenvalue weighted by Gasteiger charge is -2.29. The van der Waals surface area contributed by atoms with Crippen molar-refractivity contribution >= 4 is 21.8 Å². The molecule has 0 saturated carbocycles. The smallest absolute Gasteiger partial charge is 0.433 e. The number of aryl methyl sites for hydroxylation is 1. The van der Waals surface area contributed by atoms with E-state index in [1.807, 2.05) is 6.07 Å². The van der Waals surface area contributed by atoms with E-state index >= 15 is 0 Å². The average Bonchev–Trinajstić information content (AvgIpc) is 3.54. The maximum atomic E-state index is 12.8. The molecule has 1 saturated heterocycles. The lowest BCUT2D eigenvalue weighted by atomic mass is 10.0. The Morgan fingerprint density at radius 3 is 2.41 bits per heavy atom. The minimum absolute atomic E-state index is 0.0431. The van der Waals surface area contributed by atoms with Gasteiger partial charge in [-0.2, -0.15) is 18.3 Å². The van der Waals surface area contributed by atoms with E-state index in [1.165, 1.54) is 6.07 Å². The lowest BCUT2D eigenvalue weighted by Crippen LogP contribution is -2.39. The number of pyridine rings is 1. The molecular formula is C27H30F3N5O10S. The third kappa shape index (κ3) is 8.74. The molecule has 0 spiro atoms. The number of nitrogens with zero attached hydrogens (tertiary/aromatic N) is 5. The van der Waals surface area contributed by atoms with Crippen LogP contribution in [0.25, 0.3) is 11.3 Å². The van der Waals surface area contributed by atoms with Crippen molar-refractivity contribution in [3.8, 4) is 17.1 Å². The summed E-state index contributed by atoms with van der Waals surface area (Å²) in [4.78, 5) is 25.2. The first-order valence-electron chi connectivity index (χ1n) is 13.8. The van der Waals surface area contributed by atoms with E-state index in [1.54, 1.807) is 6.92 Å². The first-order chi connectivity index (χ1) is 21.5. The lowest BCUT2D eigenvalue weighted by molar-refractivity contribution is -0.165. The average molecular weight is 674 g/mol. The van der Waals surface area contributed by atoms with E-state index < -0.39 is 45.9 Å². The van der Waals surface area contributed by atoms with Gasteiger partial charge in [-0.25, -0.2) is 18.0 Å². The number of carboxylic acids is 2. The summed E-state index contributed by atoms with van der Waals surface area (Å²) in [5, 5.41) is 45.0. The Bertz CT molecular complexity index is 1650. The molecule has 0 aliphatic carbocycles. The quantitative estimate of drug-likeness (QED) is 0.249. The van der Waals surface area contributed by atoms with Gasteiger partial charge >= 0.3 is 18.1 Å². The van der Waals surface area contributed by atoms with Crippen LogP contribution in [0.2, 0.25) is 0 Å². The maximum absolute atomic E-state index is 12.8. The fourth-order valence-corrected chi connectivity index (χ4v) is 6.72. The monoisotopic (exact) mass is 673 g/mol. The minimum atomic E-state index is -4.52. The predicted molar refractivity (Wildman–Crippen MR) is 149 cm³/mol. The van der Waals surface area contributed by atoms with Gasteiger partial charge in [0.25, 0.3) is 0 Å². The maximum Gasteiger partial charge on any atom is 0.433 e. The highest BCUT2D eigenvalue weighted by molar-refractivity contribution is 7.91. The second-order valence-corrected chi connectivity index (χ2v) is 13.0. The molecular weight excluding hydrogens is 643 g/mol. The van der Waals surface area contributed by atoms with Crippen LogP contribution in [0.4, 0.5) is 13.2 Å². The Kier molecular flexibility index (Phi) is 10.6. The number of carboxylic acid groups (broad SMARTS) is 2. The molecule has 0 amide bonds. The van der Waals surface area contributed by atoms with Crippen molar-refractivity contribution in [3.05, 3.63) is 52.7 Å². The van der Waals surface area contributed by atoms with Crippen molar-refractivity contribution < 1.29 is 60.9 Å². The molecule has 4 N–H and O–H groups in total. The summed E-state index contributed by atoms with van der Waals surface area (Å²) in [6.07, 6.45) is -6.50. The Morgan fingerprint density at radius 2 is 1.85 bits per heavy atom. The number of ether oxygens (including phenoxy) is 1. The summed E-state index contributed by atoms with van der Waals surface area (Å²) in [5.74, 6) is -2.06. The van der Waals surface area contributed by atoms with E-state index in [0.717, 1.165) is 43.0 Å². The molecule has 250 valence electrons. The second kappa shape index (κ2) is 14.1. The highest BCUT2D eigenvalue weighted by Gasteiger charge is 2.33. The SMILES string of the molecule is Cc1onc(-c2ccc(C(F)(F)F)nc2)c1COc1cc2c(nn1)CN(CC1CCS(=O)(=O)C1)CC2.O=C(O)C(O)C(O)C(=O)O. The summed E-state index contributed by atoms with van der Waals surface area (Å²) in [6.45, 7) is 3.86. The van der Waals surface area contributed by atoms with E-state index in [9.17, 15) is 31.2 Å². The molecule has 2 aliphatic rings. The molecule has 0 bridgehead atoms.